The number of urea groups is 1. The molecule has 0 heterocycles. The lowest BCUT2D eigenvalue weighted by Gasteiger charge is -2.13. The number of aliphatic carboxylic acids is 1. The van der Waals surface area contributed by atoms with Gasteiger partial charge in [-0.1, -0.05) is 25.7 Å². The maximum absolute atomic E-state index is 11.3. The number of rotatable bonds is 7. The molecule has 18 heavy (non-hydrogen) atoms. The Labute approximate surface area is 107 Å². The van der Waals surface area contributed by atoms with E-state index in [9.17, 15) is 9.59 Å². The van der Waals surface area contributed by atoms with E-state index in [1.807, 2.05) is 0 Å². The van der Waals surface area contributed by atoms with Gasteiger partial charge in [0.15, 0.2) is 6.04 Å². The lowest BCUT2D eigenvalue weighted by molar-refractivity contribution is -0.140. The van der Waals surface area contributed by atoms with Gasteiger partial charge in [-0.3, -0.25) is 0 Å². The van der Waals surface area contributed by atoms with Crippen LogP contribution >= 0.6 is 0 Å². The number of amides is 2. The predicted molar refractivity (Wildman–Crippen MR) is 66.2 cm³/mol. The van der Waals surface area contributed by atoms with Crippen LogP contribution in [0.3, 0.4) is 0 Å². The Morgan fingerprint density at radius 3 is 2.50 bits per heavy atom. The van der Waals surface area contributed by atoms with Crippen molar-refractivity contribution in [1.29, 1.82) is 0 Å². The summed E-state index contributed by atoms with van der Waals surface area (Å²) in [7, 11) is 0. The molecule has 104 valence electrons. The van der Waals surface area contributed by atoms with E-state index in [-0.39, 0.29) is 0 Å². The van der Waals surface area contributed by atoms with Crippen LogP contribution in [-0.2, 0) is 4.79 Å². The molecule has 1 aliphatic rings. The number of hydrogen-bond acceptors (Lipinski definition) is 3. The van der Waals surface area contributed by atoms with E-state index in [1.165, 1.54) is 25.7 Å². The number of hydrogen-bond donors (Lipinski definition) is 4. The van der Waals surface area contributed by atoms with Gasteiger partial charge in [-0.05, 0) is 18.8 Å². The minimum absolute atomic E-state index is 0.539. The molecular weight excluding hydrogens is 236 g/mol. The van der Waals surface area contributed by atoms with Crippen molar-refractivity contribution in [3.63, 3.8) is 0 Å². The molecule has 0 saturated heterocycles. The number of carbonyl (C=O) groups excluding carboxylic acids is 1. The fraction of sp³-hybridized carbons (Fsp3) is 0.833. The molecule has 6 nitrogen and oxygen atoms in total. The second-order valence-corrected chi connectivity index (χ2v) is 4.77. The fourth-order valence-electron chi connectivity index (χ4n) is 2.29. The van der Waals surface area contributed by atoms with Crippen molar-refractivity contribution >= 4 is 12.0 Å². The van der Waals surface area contributed by atoms with Gasteiger partial charge in [0.1, 0.15) is 0 Å². The molecule has 1 saturated carbocycles. The Morgan fingerprint density at radius 2 is 1.94 bits per heavy atom. The van der Waals surface area contributed by atoms with Crippen LogP contribution < -0.4 is 10.6 Å². The molecule has 1 fully saturated rings. The second-order valence-electron chi connectivity index (χ2n) is 4.77. The number of aliphatic hydroxyl groups is 1. The minimum Gasteiger partial charge on any atom is -0.480 e. The van der Waals surface area contributed by atoms with Crippen LogP contribution in [0.15, 0.2) is 0 Å². The Kier molecular flexibility index (Phi) is 6.49. The molecule has 0 aliphatic heterocycles. The zero-order valence-electron chi connectivity index (χ0n) is 10.5. The molecule has 1 atom stereocenters. The molecule has 1 rings (SSSR count). The number of aliphatic hydroxyl groups excluding tert-OH is 1. The monoisotopic (exact) mass is 258 g/mol. The molecule has 1 aliphatic carbocycles. The van der Waals surface area contributed by atoms with Crippen molar-refractivity contribution in [3.05, 3.63) is 0 Å². The largest absolute Gasteiger partial charge is 0.480 e. The summed E-state index contributed by atoms with van der Waals surface area (Å²) < 4.78 is 0. The standard InChI is InChI=1S/C12H22N2O4/c15-8-10(11(16)17)14-12(18)13-7-3-6-9-4-1-2-5-9/h9-10,15H,1-8H2,(H,16,17)(H2,13,14,18). The summed E-state index contributed by atoms with van der Waals surface area (Å²) in [6.07, 6.45) is 7.23. The number of nitrogens with one attached hydrogen (secondary N) is 2. The van der Waals surface area contributed by atoms with E-state index >= 15 is 0 Å². The number of carboxylic acids is 1. The number of carboxylic acid groups (broad SMARTS) is 1. The van der Waals surface area contributed by atoms with Crippen molar-refractivity contribution in [2.75, 3.05) is 13.2 Å². The normalized spacial score (nSPS) is 17.4. The molecule has 2 amide bonds. The zero-order valence-corrected chi connectivity index (χ0v) is 10.5. The molecule has 1 unspecified atom stereocenters. The van der Waals surface area contributed by atoms with Gasteiger partial charge < -0.3 is 20.8 Å². The van der Waals surface area contributed by atoms with E-state index in [1.54, 1.807) is 0 Å². The Bertz CT molecular complexity index is 277. The highest BCUT2D eigenvalue weighted by Gasteiger charge is 2.18. The lowest BCUT2D eigenvalue weighted by atomic mass is 10.0. The average Bonchev–Trinajstić information content (AvgIpc) is 2.84. The van der Waals surface area contributed by atoms with Gasteiger partial charge in [-0.25, -0.2) is 9.59 Å². The molecular formula is C12H22N2O4. The topological polar surface area (TPSA) is 98.7 Å². The average molecular weight is 258 g/mol. The van der Waals surface area contributed by atoms with Crippen molar-refractivity contribution in [2.24, 2.45) is 5.92 Å². The first-order chi connectivity index (χ1) is 8.63. The maximum atomic E-state index is 11.3. The van der Waals surface area contributed by atoms with E-state index in [2.05, 4.69) is 10.6 Å². The highest BCUT2D eigenvalue weighted by molar-refractivity contribution is 5.82. The van der Waals surface area contributed by atoms with Gasteiger partial charge >= 0.3 is 12.0 Å². The molecule has 6 heteroatoms. The molecule has 4 N–H and O–H groups in total. The van der Waals surface area contributed by atoms with E-state index < -0.39 is 24.6 Å². The van der Waals surface area contributed by atoms with Gasteiger partial charge in [-0.2, -0.15) is 0 Å². The summed E-state index contributed by atoms with van der Waals surface area (Å²) in [6.45, 7) is -0.0646. The van der Waals surface area contributed by atoms with Crippen molar-refractivity contribution in [3.8, 4) is 0 Å². The second kappa shape index (κ2) is 7.92. The van der Waals surface area contributed by atoms with Crippen LogP contribution in [0.1, 0.15) is 38.5 Å². The van der Waals surface area contributed by atoms with Crippen molar-refractivity contribution in [2.45, 2.75) is 44.6 Å². The highest BCUT2D eigenvalue weighted by atomic mass is 16.4. The summed E-state index contributed by atoms with van der Waals surface area (Å²) in [6, 6.07) is -1.78. The van der Waals surface area contributed by atoms with Crippen molar-refractivity contribution in [1.82, 2.24) is 10.6 Å². The summed E-state index contributed by atoms with van der Waals surface area (Å²) >= 11 is 0. The SMILES string of the molecule is O=C(NCCCC1CCCC1)NC(CO)C(=O)O. The smallest absolute Gasteiger partial charge is 0.328 e. The van der Waals surface area contributed by atoms with Gasteiger partial charge in [-0.15, -0.1) is 0 Å². The molecule has 0 aromatic heterocycles. The fourth-order valence-corrected chi connectivity index (χ4v) is 2.29. The van der Waals surface area contributed by atoms with E-state index in [4.69, 9.17) is 10.2 Å². The quantitative estimate of drug-likeness (QED) is 0.505. The summed E-state index contributed by atoms with van der Waals surface area (Å²) in [5.41, 5.74) is 0. The minimum atomic E-state index is -1.24. The maximum Gasteiger partial charge on any atom is 0.328 e. The Morgan fingerprint density at radius 1 is 1.28 bits per heavy atom. The van der Waals surface area contributed by atoms with E-state index in [0.717, 1.165) is 18.8 Å². The van der Waals surface area contributed by atoms with Crippen LogP contribution in [0.5, 0.6) is 0 Å². The van der Waals surface area contributed by atoms with Crippen LogP contribution in [-0.4, -0.2) is 41.4 Å². The molecule has 0 aromatic carbocycles. The van der Waals surface area contributed by atoms with E-state index in [0.29, 0.717) is 6.54 Å². The third-order valence-electron chi connectivity index (χ3n) is 3.34. The first kappa shape index (κ1) is 14.8. The van der Waals surface area contributed by atoms with Gasteiger partial charge in [0.05, 0.1) is 6.61 Å². The molecule has 0 radical (unpaired) electrons. The Hall–Kier alpha value is -1.30. The lowest BCUT2D eigenvalue weighted by Crippen LogP contribution is -2.48. The third kappa shape index (κ3) is 5.35. The third-order valence-corrected chi connectivity index (χ3v) is 3.34. The zero-order chi connectivity index (χ0) is 13.4. The van der Waals surface area contributed by atoms with Gasteiger partial charge in [0.2, 0.25) is 0 Å². The summed E-state index contributed by atoms with van der Waals surface area (Å²) in [5.74, 6) is -0.447. The van der Waals surface area contributed by atoms with Crippen LogP contribution in [0.2, 0.25) is 0 Å². The summed E-state index contributed by atoms with van der Waals surface area (Å²) in [4.78, 5) is 21.9. The molecule has 0 bridgehead atoms. The predicted octanol–water partition coefficient (Wildman–Crippen LogP) is 0.701. The first-order valence-corrected chi connectivity index (χ1v) is 6.51. The van der Waals surface area contributed by atoms with Crippen LogP contribution in [0.25, 0.3) is 0 Å². The van der Waals surface area contributed by atoms with Gasteiger partial charge in [0.25, 0.3) is 0 Å². The highest BCUT2D eigenvalue weighted by Crippen LogP contribution is 2.28. The van der Waals surface area contributed by atoms with Gasteiger partial charge in [0, 0.05) is 6.54 Å². The van der Waals surface area contributed by atoms with Crippen molar-refractivity contribution < 1.29 is 19.8 Å². The summed E-state index contributed by atoms with van der Waals surface area (Å²) in [5, 5.41) is 22.2. The van der Waals surface area contributed by atoms with Crippen LogP contribution in [0, 0.1) is 5.92 Å². The Balaban J connectivity index is 2.07. The molecule has 0 aromatic rings. The molecule has 0 spiro atoms. The number of carbonyl (C=O) groups is 2. The van der Waals surface area contributed by atoms with Crippen LogP contribution in [0.4, 0.5) is 4.79 Å². The first-order valence-electron chi connectivity index (χ1n) is 6.51.